The van der Waals surface area contributed by atoms with Crippen molar-refractivity contribution < 1.29 is 0 Å². The second-order valence-electron chi connectivity index (χ2n) is 10.0. The van der Waals surface area contributed by atoms with Crippen molar-refractivity contribution in [1.29, 1.82) is 5.26 Å². The molecule has 0 bridgehead atoms. The van der Waals surface area contributed by atoms with Crippen molar-refractivity contribution >= 4 is 63.0 Å². The molecule has 6 aromatic carbocycles. The molecule has 0 saturated heterocycles. The summed E-state index contributed by atoms with van der Waals surface area (Å²) in [6, 6.07) is 47.7. The van der Waals surface area contributed by atoms with Crippen LogP contribution >= 0.6 is 22.7 Å². The monoisotopic (exact) mass is 543 g/mol. The first-order chi connectivity index (χ1) is 19.8. The van der Waals surface area contributed by atoms with Gasteiger partial charge in [-0.25, -0.2) is 0 Å². The average molecular weight is 544 g/mol. The van der Waals surface area contributed by atoms with E-state index in [4.69, 9.17) is 0 Å². The van der Waals surface area contributed by atoms with Crippen LogP contribution in [0, 0.1) is 11.3 Å². The Bertz CT molecular complexity index is 2280. The third-order valence-corrected chi connectivity index (χ3v) is 10.0. The molecule has 0 atom stereocenters. The summed E-state index contributed by atoms with van der Waals surface area (Å²) in [7, 11) is 0. The van der Waals surface area contributed by atoms with E-state index in [1.807, 2.05) is 29.5 Å². The maximum atomic E-state index is 10.6. The smallest absolute Gasteiger partial charge is 0.100 e. The zero-order chi connectivity index (χ0) is 26.6. The van der Waals surface area contributed by atoms with E-state index in [1.54, 1.807) is 11.3 Å². The Morgan fingerprint density at radius 2 is 1.07 bits per heavy atom. The van der Waals surface area contributed by atoms with Crippen LogP contribution < -0.4 is 0 Å². The molecule has 0 aliphatic heterocycles. The van der Waals surface area contributed by atoms with Crippen LogP contribution in [0.5, 0.6) is 0 Å². The molecule has 40 heavy (non-hydrogen) atoms. The van der Waals surface area contributed by atoms with Gasteiger partial charge in [-0.05, 0) is 58.7 Å². The molecule has 8 rings (SSSR count). The molecule has 0 amide bonds. The normalized spacial score (nSPS) is 11.5. The summed E-state index contributed by atoms with van der Waals surface area (Å²) in [5, 5.41) is 15.6. The van der Waals surface area contributed by atoms with E-state index in [1.165, 1.54) is 40.3 Å². The Kier molecular flexibility index (Phi) is 5.31. The van der Waals surface area contributed by atoms with Gasteiger partial charge < -0.3 is 0 Å². The molecule has 0 unspecified atom stereocenters. The van der Waals surface area contributed by atoms with Crippen LogP contribution in [0.2, 0.25) is 0 Å². The number of benzene rings is 6. The first-order valence-electron chi connectivity index (χ1n) is 13.2. The van der Waals surface area contributed by atoms with E-state index in [0.717, 1.165) is 33.4 Å². The van der Waals surface area contributed by atoms with Gasteiger partial charge in [-0.3, -0.25) is 0 Å². The number of thiophene rings is 2. The van der Waals surface area contributed by atoms with E-state index in [9.17, 15) is 5.26 Å². The Labute approximate surface area is 239 Å². The first-order valence-corrected chi connectivity index (χ1v) is 14.9. The first kappa shape index (κ1) is 23.2. The molecule has 0 aliphatic carbocycles. The summed E-state index contributed by atoms with van der Waals surface area (Å²) < 4.78 is 5.08. The third-order valence-electron chi connectivity index (χ3n) is 7.74. The van der Waals surface area contributed by atoms with Crippen LogP contribution in [0.15, 0.2) is 127 Å². The summed E-state index contributed by atoms with van der Waals surface area (Å²) in [5.41, 5.74) is 7.07. The Balaban J connectivity index is 1.44. The van der Waals surface area contributed by atoms with Gasteiger partial charge in [0.25, 0.3) is 0 Å². The molecule has 0 spiro atoms. The number of hydrogen-bond donors (Lipinski definition) is 0. The highest BCUT2D eigenvalue weighted by Gasteiger charge is 2.19. The van der Waals surface area contributed by atoms with Crippen molar-refractivity contribution in [2.45, 2.75) is 0 Å². The zero-order valence-electron chi connectivity index (χ0n) is 21.4. The average Bonchev–Trinajstić information content (AvgIpc) is 3.58. The SMILES string of the molecule is N#Cc1c(-c2ccccc2)cc(-c2ccc3c(c2)sc2ccccc23)cc1-c1cccc2sc3ccccc3c12. The Morgan fingerprint density at radius 1 is 0.425 bits per heavy atom. The maximum Gasteiger partial charge on any atom is 0.100 e. The van der Waals surface area contributed by atoms with Gasteiger partial charge in [0.2, 0.25) is 0 Å². The highest BCUT2D eigenvalue weighted by molar-refractivity contribution is 7.26. The lowest BCUT2D eigenvalue weighted by Crippen LogP contribution is -1.93. The van der Waals surface area contributed by atoms with E-state index in [-0.39, 0.29) is 0 Å². The summed E-state index contributed by atoms with van der Waals surface area (Å²) >= 11 is 3.64. The summed E-state index contributed by atoms with van der Waals surface area (Å²) in [5.74, 6) is 0. The molecule has 2 aromatic heterocycles. The van der Waals surface area contributed by atoms with Gasteiger partial charge >= 0.3 is 0 Å². The van der Waals surface area contributed by atoms with Crippen LogP contribution in [0.25, 0.3) is 73.7 Å². The molecule has 0 aliphatic rings. The Hall–Kier alpha value is -4.75. The molecule has 1 nitrogen and oxygen atoms in total. The van der Waals surface area contributed by atoms with Crippen LogP contribution in [0.4, 0.5) is 0 Å². The van der Waals surface area contributed by atoms with E-state index >= 15 is 0 Å². The van der Waals surface area contributed by atoms with Crippen LogP contribution in [0.3, 0.4) is 0 Å². The molecule has 186 valence electrons. The fraction of sp³-hybridized carbons (Fsp3) is 0. The van der Waals surface area contributed by atoms with Crippen molar-refractivity contribution in [2.24, 2.45) is 0 Å². The largest absolute Gasteiger partial charge is 0.192 e. The second-order valence-corrected chi connectivity index (χ2v) is 12.2. The Morgan fingerprint density at radius 3 is 1.90 bits per heavy atom. The molecule has 0 saturated carbocycles. The van der Waals surface area contributed by atoms with Gasteiger partial charge in [-0.2, -0.15) is 5.26 Å². The topological polar surface area (TPSA) is 23.8 Å². The molecule has 0 radical (unpaired) electrons. The molecular formula is C37H21NS2. The number of fused-ring (bicyclic) bond motifs is 6. The number of nitrogens with zero attached hydrogens (tertiary/aromatic N) is 1. The molecule has 2 heterocycles. The van der Waals surface area contributed by atoms with Crippen molar-refractivity contribution in [1.82, 2.24) is 0 Å². The maximum absolute atomic E-state index is 10.6. The fourth-order valence-electron chi connectivity index (χ4n) is 5.89. The van der Waals surface area contributed by atoms with Gasteiger partial charge in [-0.15, -0.1) is 22.7 Å². The lowest BCUT2D eigenvalue weighted by Gasteiger charge is -2.15. The molecule has 8 aromatic rings. The fourth-order valence-corrected chi connectivity index (χ4v) is 8.17. The molecule has 3 heteroatoms. The second kappa shape index (κ2) is 9.17. The van der Waals surface area contributed by atoms with E-state index < -0.39 is 0 Å². The molecule has 0 N–H and O–H groups in total. The zero-order valence-corrected chi connectivity index (χ0v) is 23.0. The van der Waals surface area contributed by atoms with Gasteiger partial charge in [0.1, 0.15) is 6.07 Å². The summed E-state index contributed by atoms with van der Waals surface area (Å²) in [6.07, 6.45) is 0. The minimum absolute atomic E-state index is 0.709. The predicted molar refractivity (Wildman–Crippen MR) is 173 cm³/mol. The lowest BCUT2D eigenvalue weighted by molar-refractivity contribution is 1.47. The summed E-state index contributed by atoms with van der Waals surface area (Å²) in [4.78, 5) is 0. The van der Waals surface area contributed by atoms with Crippen molar-refractivity contribution in [3.63, 3.8) is 0 Å². The van der Waals surface area contributed by atoms with Crippen molar-refractivity contribution in [3.05, 3.63) is 133 Å². The van der Waals surface area contributed by atoms with Crippen LogP contribution in [-0.2, 0) is 0 Å². The number of nitriles is 1. The highest BCUT2D eigenvalue weighted by Crippen LogP contribution is 2.44. The summed E-state index contributed by atoms with van der Waals surface area (Å²) in [6.45, 7) is 0. The van der Waals surface area contributed by atoms with Crippen LogP contribution in [0.1, 0.15) is 5.56 Å². The van der Waals surface area contributed by atoms with Gasteiger partial charge in [0, 0.05) is 51.5 Å². The van der Waals surface area contributed by atoms with E-state index in [2.05, 4.69) is 115 Å². The van der Waals surface area contributed by atoms with Gasteiger partial charge in [-0.1, -0.05) is 91.0 Å². The molecular weight excluding hydrogens is 523 g/mol. The van der Waals surface area contributed by atoms with Gasteiger partial charge in [0.15, 0.2) is 0 Å². The standard InChI is InChI=1S/C37H21NS2/c38-22-32-30(23-9-2-1-3-10-23)19-25(24-17-18-27-26-11-4-6-14-33(26)40-36(27)21-24)20-31(32)28-13-8-16-35-37(28)29-12-5-7-15-34(29)39-35/h1-21H. The lowest BCUT2D eigenvalue weighted by atomic mass is 9.87. The van der Waals surface area contributed by atoms with Crippen molar-refractivity contribution in [2.75, 3.05) is 0 Å². The quantitative estimate of drug-likeness (QED) is 0.217. The number of rotatable bonds is 3. The minimum atomic E-state index is 0.709. The predicted octanol–water partition coefficient (Wildman–Crippen LogP) is 11.3. The van der Waals surface area contributed by atoms with Crippen LogP contribution in [-0.4, -0.2) is 0 Å². The van der Waals surface area contributed by atoms with E-state index in [0.29, 0.717) is 5.56 Å². The number of hydrogen-bond acceptors (Lipinski definition) is 3. The third kappa shape index (κ3) is 3.58. The van der Waals surface area contributed by atoms with Gasteiger partial charge in [0.05, 0.1) is 5.56 Å². The highest BCUT2D eigenvalue weighted by atomic mass is 32.1. The minimum Gasteiger partial charge on any atom is -0.192 e. The molecule has 0 fully saturated rings. The van der Waals surface area contributed by atoms with Crippen molar-refractivity contribution in [3.8, 4) is 39.4 Å².